The number of anilines is 1. The van der Waals surface area contributed by atoms with Crippen molar-refractivity contribution in [3.63, 3.8) is 0 Å². The lowest BCUT2D eigenvalue weighted by molar-refractivity contribution is -0.116. The van der Waals surface area contributed by atoms with Crippen molar-refractivity contribution in [2.45, 2.75) is 43.7 Å². The Labute approximate surface area is 167 Å². The van der Waals surface area contributed by atoms with Gasteiger partial charge in [-0.25, -0.2) is 4.98 Å². The van der Waals surface area contributed by atoms with E-state index in [-0.39, 0.29) is 11.3 Å². The van der Waals surface area contributed by atoms with Crippen LogP contribution in [0.2, 0.25) is 0 Å². The molecule has 1 aromatic carbocycles. The second-order valence-corrected chi connectivity index (χ2v) is 8.07. The van der Waals surface area contributed by atoms with Gasteiger partial charge in [0.25, 0.3) is 5.56 Å². The molecular formula is C21H23N3O3S. The SMILES string of the molecule is CCCSc1nc2c(c(=O)[nH]1)C(c1cccc(OC)c1)C1=C(CCCC1=O)N2. The number of fused-ring (bicyclic) bond motifs is 1. The number of methoxy groups -OCH3 is 1. The molecule has 2 aromatic rings. The van der Waals surface area contributed by atoms with Crippen LogP contribution in [-0.4, -0.2) is 28.6 Å². The number of hydrogen-bond acceptors (Lipinski definition) is 6. The predicted molar refractivity (Wildman–Crippen MR) is 110 cm³/mol. The third kappa shape index (κ3) is 3.35. The number of thioether (sulfide) groups is 1. The number of Topliss-reactive ketones (excluding diaryl/α,β-unsaturated/α-hetero) is 1. The number of nitrogens with zero attached hydrogens (tertiary/aromatic N) is 1. The number of hydrogen-bond donors (Lipinski definition) is 2. The summed E-state index contributed by atoms with van der Waals surface area (Å²) in [5, 5.41) is 3.90. The van der Waals surface area contributed by atoms with E-state index in [0.29, 0.717) is 34.3 Å². The molecule has 0 saturated heterocycles. The molecule has 0 spiro atoms. The minimum Gasteiger partial charge on any atom is -0.497 e. The number of aromatic amines is 1. The standard InChI is InChI=1S/C21H23N3O3S/c1-3-10-28-21-23-19-18(20(26)24-21)16(12-6-4-7-13(11-12)27-2)17-14(22-19)8-5-9-15(17)25/h4,6-7,11,16H,3,5,8-10H2,1-2H3,(H2,22,23,24,26). The lowest BCUT2D eigenvalue weighted by atomic mass is 9.76. The fourth-order valence-electron chi connectivity index (χ4n) is 3.86. The molecule has 0 saturated carbocycles. The van der Waals surface area contributed by atoms with Gasteiger partial charge >= 0.3 is 0 Å². The number of allylic oxidation sites excluding steroid dienone is 2. The Hall–Kier alpha value is -2.54. The van der Waals surface area contributed by atoms with Gasteiger partial charge in [0.2, 0.25) is 0 Å². The van der Waals surface area contributed by atoms with E-state index in [9.17, 15) is 9.59 Å². The summed E-state index contributed by atoms with van der Waals surface area (Å²) in [4.78, 5) is 33.4. The highest BCUT2D eigenvalue weighted by Crippen LogP contribution is 2.43. The number of carbonyl (C=O) groups is 1. The van der Waals surface area contributed by atoms with Crippen molar-refractivity contribution in [2.75, 3.05) is 18.2 Å². The second-order valence-electron chi connectivity index (χ2n) is 6.99. The smallest absolute Gasteiger partial charge is 0.257 e. The zero-order valence-corrected chi connectivity index (χ0v) is 16.8. The summed E-state index contributed by atoms with van der Waals surface area (Å²) in [5.74, 6) is 1.80. The average Bonchev–Trinajstić information content (AvgIpc) is 2.71. The van der Waals surface area contributed by atoms with Crippen molar-refractivity contribution in [3.8, 4) is 5.75 Å². The Morgan fingerprint density at radius 2 is 2.14 bits per heavy atom. The molecule has 2 N–H and O–H groups in total. The number of H-pyrrole nitrogens is 1. The lowest BCUT2D eigenvalue weighted by Gasteiger charge is -2.32. The van der Waals surface area contributed by atoms with Gasteiger partial charge in [0, 0.05) is 29.4 Å². The molecule has 1 aliphatic heterocycles. The zero-order valence-electron chi connectivity index (χ0n) is 16.0. The first-order valence-electron chi connectivity index (χ1n) is 9.56. The normalized spacial score (nSPS) is 18.4. The molecule has 0 radical (unpaired) electrons. The predicted octanol–water partition coefficient (Wildman–Crippen LogP) is 3.85. The Morgan fingerprint density at radius 1 is 1.29 bits per heavy atom. The van der Waals surface area contributed by atoms with E-state index in [2.05, 4.69) is 22.2 Å². The highest BCUT2D eigenvalue weighted by Gasteiger charge is 2.37. The molecule has 1 unspecified atom stereocenters. The molecule has 1 aromatic heterocycles. The van der Waals surface area contributed by atoms with Crippen LogP contribution >= 0.6 is 11.8 Å². The van der Waals surface area contributed by atoms with Crippen LogP contribution in [0.15, 0.2) is 45.5 Å². The number of ether oxygens (including phenoxy) is 1. The van der Waals surface area contributed by atoms with Crippen LogP contribution < -0.4 is 15.6 Å². The molecule has 0 fully saturated rings. The molecule has 2 heterocycles. The third-order valence-electron chi connectivity index (χ3n) is 5.11. The van der Waals surface area contributed by atoms with Crippen LogP contribution in [0, 0.1) is 0 Å². The number of carbonyl (C=O) groups excluding carboxylic acids is 1. The molecule has 7 heteroatoms. The van der Waals surface area contributed by atoms with E-state index in [1.807, 2.05) is 24.3 Å². The summed E-state index contributed by atoms with van der Waals surface area (Å²) in [7, 11) is 1.61. The van der Waals surface area contributed by atoms with Crippen LogP contribution in [0.3, 0.4) is 0 Å². The minimum absolute atomic E-state index is 0.0936. The molecular weight excluding hydrogens is 374 g/mol. The quantitative estimate of drug-likeness (QED) is 0.589. The van der Waals surface area contributed by atoms with Crippen molar-refractivity contribution in [2.24, 2.45) is 0 Å². The fourth-order valence-corrected chi connectivity index (χ4v) is 4.58. The molecule has 1 atom stereocenters. The summed E-state index contributed by atoms with van der Waals surface area (Å²) in [6.07, 6.45) is 3.10. The molecule has 0 amide bonds. The zero-order chi connectivity index (χ0) is 19.7. The Bertz CT molecular complexity index is 1010. The van der Waals surface area contributed by atoms with Crippen molar-refractivity contribution in [1.82, 2.24) is 9.97 Å². The van der Waals surface area contributed by atoms with Crippen molar-refractivity contribution in [1.29, 1.82) is 0 Å². The molecule has 146 valence electrons. The second kappa shape index (κ2) is 7.83. The summed E-state index contributed by atoms with van der Waals surface area (Å²) in [6.45, 7) is 2.09. The topological polar surface area (TPSA) is 84.1 Å². The van der Waals surface area contributed by atoms with Gasteiger partial charge in [-0.1, -0.05) is 30.8 Å². The molecule has 0 bridgehead atoms. The van der Waals surface area contributed by atoms with Crippen molar-refractivity contribution < 1.29 is 9.53 Å². The number of ketones is 1. The van der Waals surface area contributed by atoms with Crippen LogP contribution in [-0.2, 0) is 4.79 Å². The van der Waals surface area contributed by atoms with Crippen LogP contribution in [0.1, 0.15) is 49.7 Å². The van der Waals surface area contributed by atoms with E-state index in [1.165, 1.54) is 11.8 Å². The molecule has 6 nitrogen and oxygen atoms in total. The van der Waals surface area contributed by atoms with Gasteiger partial charge in [-0.3, -0.25) is 9.59 Å². The largest absolute Gasteiger partial charge is 0.497 e. The Kier molecular flexibility index (Phi) is 5.26. The van der Waals surface area contributed by atoms with Crippen LogP contribution in [0.5, 0.6) is 5.75 Å². The Morgan fingerprint density at radius 3 is 2.93 bits per heavy atom. The average molecular weight is 398 g/mol. The van der Waals surface area contributed by atoms with E-state index in [4.69, 9.17) is 4.74 Å². The lowest BCUT2D eigenvalue weighted by Crippen LogP contribution is -2.32. The van der Waals surface area contributed by atoms with Crippen LogP contribution in [0.4, 0.5) is 5.82 Å². The maximum absolute atomic E-state index is 13.1. The monoisotopic (exact) mass is 397 g/mol. The summed E-state index contributed by atoms with van der Waals surface area (Å²) in [6, 6.07) is 7.58. The molecule has 28 heavy (non-hydrogen) atoms. The summed E-state index contributed by atoms with van der Waals surface area (Å²) in [5.41, 5.74) is 2.75. The van der Waals surface area contributed by atoms with E-state index in [1.54, 1.807) is 7.11 Å². The first-order chi connectivity index (χ1) is 13.6. The number of benzene rings is 1. The maximum Gasteiger partial charge on any atom is 0.257 e. The van der Waals surface area contributed by atoms with E-state index in [0.717, 1.165) is 36.3 Å². The van der Waals surface area contributed by atoms with Crippen molar-refractivity contribution >= 4 is 23.4 Å². The van der Waals surface area contributed by atoms with Crippen molar-refractivity contribution in [3.05, 3.63) is 57.0 Å². The fraction of sp³-hybridized carbons (Fsp3) is 0.381. The Balaban J connectivity index is 1.90. The van der Waals surface area contributed by atoms with E-state index < -0.39 is 5.92 Å². The highest BCUT2D eigenvalue weighted by molar-refractivity contribution is 7.99. The number of nitrogens with one attached hydrogen (secondary N) is 2. The number of rotatable bonds is 5. The summed E-state index contributed by atoms with van der Waals surface area (Å²) < 4.78 is 5.37. The van der Waals surface area contributed by atoms with E-state index >= 15 is 0 Å². The highest BCUT2D eigenvalue weighted by atomic mass is 32.2. The third-order valence-corrected chi connectivity index (χ3v) is 6.19. The maximum atomic E-state index is 13.1. The summed E-state index contributed by atoms with van der Waals surface area (Å²) >= 11 is 1.53. The van der Waals surface area contributed by atoms with Crippen LogP contribution in [0.25, 0.3) is 0 Å². The van der Waals surface area contributed by atoms with Gasteiger partial charge in [0.05, 0.1) is 12.7 Å². The first-order valence-corrected chi connectivity index (χ1v) is 10.5. The molecule has 2 aliphatic rings. The first kappa shape index (κ1) is 18.8. The van der Waals surface area contributed by atoms with Gasteiger partial charge in [0.1, 0.15) is 11.6 Å². The number of aromatic nitrogens is 2. The molecule has 4 rings (SSSR count). The van der Waals surface area contributed by atoms with Gasteiger partial charge in [-0.05, 0) is 37.0 Å². The minimum atomic E-state index is -0.435. The van der Waals surface area contributed by atoms with Gasteiger partial charge in [-0.15, -0.1) is 0 Å². The van der Waals surface area contributed by atoms with Gasteiger partial charge < -0.3 is 15.0 Å². The van der Waals surface area contributed by atoms with Gasteiger partial charge in [0.15, 0.2) is 10.9 Å². The van der Waals surface area contributed by atoms with Gasteiger partial charge in [-0.2, -0.15) is 0 Å². The molecule has 1 aliphatic carbocycles.